The molecule has 2 aliphatic heterocycles. The zero-order valence-corrected chi connectivity index (χ0v) is 27.1. The van der Waals surface area contributed by atoms with Crippen LogP contribution in [0.1, 0.15) is 87.9 Å². The third-order valence-electron chi connectivity index (χ3n) is 10.5. The molecule has 8 rings (SSSR count). The average molecular weight is 620 g/mol. The van der Waals surface area contributed by atoms with Gasteiger partial charge in [0.05, 0.1) is 21.7 Å². The Morgan fingerprint density at radius 3 is 2.71 bits per heavy atom. The van der Waals surface area contributed by atoms with Gasteiger partial charge < -0.3 is 14.8 Å². The number of thiophene rings is 1. The average Bonchev–Trinajstić information content (AvgIpc) is 3.85. The van der Waals surface area contributed by atoms with Gasteiger partial charge >= 0.3 is 0 Å². The number of fused-ring (bicyclic) bond motifs is 10. The molecule has 0 spiro atoms. The number of benzene rings is 2. The minimum atomic E-state index is -0.00530. The van der Waals surface area contributed by atoms with Crippen LogP contribution < -0.4 is 5.32 Å². The molecule has 5 heterocycles. The van der Waals surface area contributed by atoms with E-state index in [1.807, 2.05) is 35.3 Å². The molecular weight excluding hydrogens is 579 g/mol. The third kappa shape index (κ3) is 4.84. The summed E-state index contributed by atoms with van der Waals surface area (Å²) in [5.74, 6) is 0.962. The normalized spacial score (nSPS) is 16.7. The highest BCUT2D eigenvalue weighted by Gasteiger charge is 2.35. The number of likely N-dealkylation sites (tertiary alicyclic amines) is 1. The van der Waals surface area contributed by atoms with E-state index >= 15 is 0 Å². The van der Waals surface area contributed by atoms with Gasteiger partial charge in [-0.1, -0.05) is 25.8 Å². The summed E-state index contributed by atoms with van der Waals surface area (Å²) < 4.78 is 4.40. The Morgan fingerprint density at radius 2 is 1.91 bits per heavy atom. The van der Waals surface area contributed by atoms with Crippen molar-refractivity contribution in [1.82, 2.24) is 24.6 Å². The lowest BCUT2D eigenvalue weighted by molar-refractivity contribution is 0.0965. The van der Waals surface area contributed by atoms with Crippen LogP contribution in [-0.2, 0) is 33.0 Å². The first-order chi connectivity index (χ1) is 22.0. The standard InChI is InChI=1S/C37H41N5O2S/c1-3-7-23-13-17-41(18-14-23)15-4-5-16-42-30-12-9-24(36(43)31-8-6-19-45-31)20-26(30)33-27-21-38-37(44)34(27)32-25(35(33)42)10-11-29-28(32)22-40(2)39-29/h6,8-9,12,19-20,22-23H,3-5,7,10-11,13-18,21H2,1-2H3,(H,38,44). The Kier molecular flexibility index (Phi) is 7.37. The SMILES string of the molecule is CCCC1CCN(CCCCn2c3ccc(C(=O)c4cccs4)cc3c3c4c(c5c(c32)CCc2nn(C)cc2-5)C(=O)NC4)CC1. The number of hydrogen-bond donors (Lipinski definition) is 1. The fraction of sp³-hybridized carbons (Fsp3) is 0.432. The molecule has 1 N–H and O–H groups in total. The van der Waals surface area contributed by atoms with E-state index in [4.69, 9.17) is 5.10 Å². The molecule has 232 valence electrons. The smallest absolute Gasteiger partial charge is 0.252 e. The minimum absolute atomic E-state index is 0.00530. The summed E-state index contributed by atoms with van der Waals surface area (Å²) in [5, 5.41) is 12.1. The molecule has 7 nitrogen and oxygen atoms in total. The number of hydrogen-bond acceptors (Lipinski definition) is 5. The summed E-state index contributed by atoms with van der Waals surface area (Å²) in [4.78, 5) is 30.4. The van der Waals surface area contributed by atoms with Gasteiger partial charge in [0, 0.05) is 59.3 Å². The second kappa shape index (κ2) is 11.6. The summed E-state index contributed by atoms with van der Waals surface area (Å²) in [6, 6.07) is 10.1. The maximum atomic E-state index is 13.5. The lowest BCUT2D eigenvalue weighted by Crippen LogP contribution is -2.34. The van der Waals surface area contributed by atoms with Gasteiger partial charge in [0.15, 0.2) is 0 Å². The second-order valence-electron chi connectivity index (χ2n) is 13.2. The first-order valence-corrected chi connectivity index (χ1v) is 17.6. The van der Waals surface area contributed by atoms with Crippen LogP contribution in [0.5, 0.6) is 0 Å². The number of carbonyl (C=O) groups excluding carboxylic acids is 2. The number of piperidine rings is 1. The van der Waals surface area contributed by atoms with Crippen LogP contribution in [0.2, 0.25) is 0 Å². The number of carbonyl (C=O) groups is 2. The third-order valence-corrected chi connectivity index (χ3v) is 11.3. The van der Waals surface area contributed by atoms with Crippen molar-refractivity contribution in [3.8, 4) is 11.1 Å². The molecule has 3 aliphatic rings. The van der Waals surface area contributed by atoms with E-state index in [9.17, 15) is 9.59 Å². The monoisotopic (exact) mass is 619 g/mol. The van der Waals surface area contributed by atoms with Gasteiger partial charge in [0.2, 0.25) is 5.78 Å². The maximum Gasteiger partial charge on any atom is 0.252 e. The molecule has 1 fully saturated rings. The topological polar surface area (TPSA) is 72.2 Å². The molecule has 1 amide bonds. The highest BCUT2D eigenvalue weighted by molar-refractivity contribution is 7.12. The van der Waals surface area contributed by atoms with Crippen LogP contribution in [0.4, 0.5) is 0 Å². The molecule has 5 aromatic rings. The molecule has 2 aromatic carbocycles. The van der Waals surface area contributed by atoms with E-state index in [1.165, 1.54) is 61.2 Å². The van der Waals surface area contributed by atoms with Crippen LogP contribution >= 0.6 is 11.3 Å². The van der Waals surface area contributed by atoms with Gasteiger partial charge in [-0.05, 0) is 105 Å². The van der Waals surface area contributed by atoms with E-state index in [0.717, 1.165) is 93.8 Å². The summed E-state index contributed by atoms with van der Waals surface area (Å²) in [5.41, 5.74) is 9.43. The number of aryl methyl sites for hydroxylation is 4. The Balaban J connectivity index is 1.22. The van der Waals surface area contributed by atoms with E-state index in [0.29, 0.717) is 12.1 Å². The van der Waals surface area contributed by atoms with Crippen molar-refractivity contribution in [3.63, 3.8) is 0 Å². The highest BCUT2D eigenvalue weighted by atomic mass is 32.1. The molecule has 1 aliphatic carbocycles. The first kappa shape index (κ1) is 28.7. The Labute approximate surface area is 268 Å². The molecule has 0 saturated carbocycles. The number of aromatic nitrogens is 3. The predicted molar refractivity (Wildman–Crippen MR) is 181 cm³/mol. The van der Waals surface area contributed by atoms with Crippen molar-refractivity contribution in [2.75, 3.05) is 19.6 Å². The van der Waals surface area contributed by atoms with Crippen molar-refractivity contribution in [2.45, 2.75) is 71.4 Å². The summed E-state index contributed by atoms with van der Waals surface area (Å²) in [6.07, 6.45) is 11.4. The highest BCUT2D eigenvalue weighted by Crippen LogP contribution is 2.47. The van der Waals surface area contributed by atoms with Gasteiger partial charge in [-0.15, -0.1) is 11.3 Å². The van der Waals surface area contributed by atoms with Gasteiger partial charge in [-0.2, -0.15) is 5.10 Å². The van der Waals surface area contributed by atoms with Gasteiger partial charge in [-0.25, -0.2) is 0 Å². The van der Waals surface area contributed by atoms with E-state index in [2.05, 4.69) is 40.0 Å². The number of nitrogens with zero attached hydrogens (tertiary/aromatic N) is 4. The molecule has 1 saturated heterocycles. The van der Waals surface area contributed by atoms with Crippen molar-refractivity contribution >= 4 is 44.8 Å². The van der Waals surface area contributed by atoms with Crippen LogP contribution in [-0.4, -0.2) is 50.6 Å². The van der Waals surface area contributed by atoms with E-state index < -0.39 is 0 Å². The molecule has 0 bridgehead atoms. The summed E-state index contributed by atoms with van der Waals surface area (Å²) >= 11 is 1.48. The number of nitrogens with one attached hydrogen (secondary N) is 1. The Morgan fingerprint density at radius 1 is 1.07 bits per heavy atom. The fourth-order valence-corrected chi connectivity index (χ4v) is 9.04. The van der Waals surface area contributed by atoms with Crippen molar-refractivity contribution in [1.29, 1.82) is 0 Å². The lowest BCUT2D eigenvalue weighted by Gasteiger charge is -2.31. The Bertz CT molecular complexity index is 1940. The first-order valence-electron chi connectivity index (χ1n) is 16.8. The van der Waals surface area contributed by atoms with Crippen molar-refractivity contribution in [3.05, 3.63) is 74.7 Å². The zero-order chi connectivity index (χ0) is 30.7. The molecule has 45 heavy (non-hydrogen) atoms. The van der Waals surface area contributed by atoms with E-state index in [1.54, 1.807) is 0 Å². The number of rotatable bonds is 9. The number of unbranched alkanes of at least 4 members (excludes halogenated alkanes) is 1. The second-order valence-corrected chi connectivity index (χ2v) is 14.2. The predicted octanol–water partition coefficient (Wildman–Crippen LogP) is 7.12. The van der Waals surface area contributed by atoms with Gasteiger partial charge in [-0.3, -0.25) is 14.3 Å². The molecular formula is C37H41N5O2S. The summed E-state index contributed by atoms with van der Waals surface area (Å²) in [7, 11) is 1.96. The zero-order valence-electron chi connectivity index (χ0n) is 26.3. The van der Waals surface area contributed by atoms with Crippen LogP contribution in [0.3, 0.4) is 0 Å². The number of amides is 1. The van der Waals surface area contributed by atoms with Crippen molar-refractivity contribution < 1.29 is 9.59 Å². The maximum absolute atomic E-state index is 13.5. The Hall–Kier alpha value is -3.75. The lowest BCUT2D eigenvalue weighted by atomic mass is 9.82. The van der Waals surface area contributed by atoms with Crippen LogP contribution in [0, 0.1) is 5.92 Å². The molecule has 3 aromatic heterocycles. The molecule has 8 heteroatoms. The quantitative estimate of drug-likeness (QED) is 0.141. The van der Waals surface area contributed by atoms with E-state index in [-0.39, 0.29) is 11.7 Å². The molecule has 0 atom stereocenters. The van der Waals surface area contributed by atoms with Gasteiger partial charge in [0.25, 0.3) is 5.91 Å². The largest absolute Gasteiger partial charge is 0.348 e. The van der Waals surface area contributed by atoms with Crippen molar-refractivity contribution in [2.24, 2.45) is 13.0 Å². The summed E-state index contributed by atoms with van der Waals surface area (Å²) in [6.45, 7) is 7.34. The molecule has 0 radical (unpaired) electrons. The fourth-order valence-electron chi connectivity index (χ4n) is 8.35. The van der Waals surface area contributed by atoms with Crippen LogP contribution in [0.25, 0.3) is 32.9 Å². The minimum Gasteiger partial charge on any atom is -0.348 e. The number of ketones is 1. The molecule has 0 unspecified atom stereocenters. The van der Waals surface area contributed by atoms with Gasteiger partial charge in [0.1, 0.15) is 0 Å². The van der Waals surface area contributed by atoms with Crippen LogP contribution in [0.15, 0.2) is 41.9 Å².